The molecule has 2 aromatic heterocycles. The summed E-state index contributed by atoms with van der Waals surface area (Å²) in [5.74, 6) is 0.938. The molecule has 0 saturated carbocycles. The summed E-state index contributed by atoms with van der Waals surface area (Å²) in [5, 5.41) is 2.23. The number of nitrogens with zero attached hydrogens (tertiary/aromatic N) is 4. The van der Waals surface area contributed by atoms with Crippen LogP contribution >= 0.6 is 0 Å². The average molecular weight is 288 g/mol. The number of hydrogen-bond acceptors (Lipinski definition) is 4. The van der Waals surface area contributed by atoms with Crippen LogP contribution in [-0.4, -0.2) is 28.1 Å². The SMILES string of the molecule is C=CCN1C=CN(c2ccc3ccc4cccnc4c3n2)C1. The van der Waals surface area contributed by atoms with E-state index in [4.69, 9.17) is 4.98 Å². The van der Waals surface area contributed by atoms with Crippen LogP contribution in [-0.2, 0) is 0 Å². The second kappa shape index (κ2) is 5.15. The van der Waals surface area contributed by atoms with E-state index in [-0.39, 0.29) is 0 Å². The first-order valence-electron chi connectivity index (χ1n) is 7.29. The van der Waals surface area contributed by atoms with Gasteiger partial charge in [-0.25, -0.2) is 4.98 Å². The van der Waals surface area contributed by atoms with Crippen molar-refractivity contribution >= 4 is 27.6 Å². The second-order valence-electron chi connectivity index (χ2n) is 5.35. The molecule has 22 heavy (non-hydrogen) atoms. The third-order valence-electron chi connectivity index (χ3n) is 3.87. The van der Waals surface area contributed by atoms with Crippen molar-refractivity contribution in [1.82, 2.24) is 14.9 Å². The van der Waals surface area contributed by atoms with Gasteiger partial charge in [0.1, 0.15) is 5.82 Å². The summed E-state index contributed by atoms with van der Waals surface area (Å²) in [5.41, 5.74) is 1.90. The molecule has 0 fully saturated rings. The molecule has 0 amide bonds. The van der Waals surface area contributed by atoms with Crippen LogP contribution in [0.2, 0.25) is 0 Å². The first-order chi connectivity index (χ1) is 10.8. The van der Waals surface area contributed by atoms with Crippen molar-refractivity contribution in [1.29, 1.82) is 0 Å². The van der Waals surface area contributed by atoms with Crippen LogP contribution in [0, 0.1) is 0 Å². The zero-order valence-electron chi connectivity index (χ0n) is 12.2. The molecule has 0 atom stereocenters. The molecule has 0 bridgehead atoms. The molecule has 3 aromatic rings. The first-order valence-corrected chi connectivity index (χ1v) is 7.29. The van der Waals surface area contributed by atoms with Crippen LogP contribution in [0.15, 0.2) is 67.6 Å². The fraction of sp³-hybridized carbons (Fsp3) is 0.111. The Morgan fingerprint density at radius 1 is 1.05 bits per heavy atom. The van der Waals surface area contributed by atoms with Crippen molar-refractivity contribution in [3.05, 3.63) is 67.6 Å². The maximum atomic E-state index is 4.84. The van der Waals surface area contributed by atoms with Gasteiger partial charge in [0, 0.05) is 35.9 Å². The monoisotopic (exact) mass is 288 g/mol. The van der Waals surface area contributed by atoms with E-state index in [1.54, 1.807) is 0 Å². The minimum atomic E-state index is 0.794. The van der Waals surface area contributed by atoms with Gasteiger partial charge in [0.2, 0.25) is 0 Å². The van der Waals surface area contributed by atoms with Gasteiger partial charge in [-0.15, -0.1) is 6.58 Å². The molecule has 0 saturated heterocycles. The summed E-state index contributed by atoms with van der Waals surface area (Å²) in [7, 11) is 0. The van der Waals surface area contributed by atoms with Gasteiger partial charge in [-0.05, 0) is 18.2 Å². The Kier molecular flexibility index (Phi) is 3.00. The normalized spacial score (nSPS) is 14.2. The van der Waals surface area contributed by atoms with Gasteiger partial charge in [0.05, 0.1) is 17.7 Å². The van der Waals surface area contributed by atoms with Gasteiger partial charge in [-0.1, -0.05) is 24.3 Å². The van der Waals surface area contributed by atoms with Gasteiger partial charge in [-0.3, -0.25) is 4.98 Å². The second-order valence-corrected chi connectivity index (χ2v) is 5.35. The lowest BCUT2D eigenvalue weighted by Crippen LogP contribution is -2.25. The Hall–Kier alpha value is -2.88. The van der Waals surface area contributed by atoms with E-state index >= 15 is 0 Å². The van der Waals surface area contributed by atoms with Crippen molar-refractivity contribution in [3.63, 3.8) is 0 Å². The predicted octanol–water partition coefficient (Wildman–Crippen LogP) is 3.52. The highest BCUT2D eigenvalue weighted by Crippen LogP contribution is 2.25. The van der Waals surface area contributed by atoms with Crippen LogP contribution in [0.3, 0.4) is 0 Å². The summed E-state index contributed by atoms with van der Waals surface area (Å²) in [6.07, 6.45) is 7.84. The Balaban J connectivity index is 1.79. The zero-order valence-corrected chi connectivity index (χ0v) is 12.2. The predicted molar refractivity (Wildman–Crippen MR) is 90.4 cm³/mol. The topological polar surface area (TPSA) is 32.3 Å². The van der Waals surface area contributed by atoms with E-state index in [0.29, 0.717) is 0 Å². The molecule has 0 N–H and O–H groups in total. The standard InChI is InChI=1S/C18H16N4/c1-2-10-21-11-12-22(13-21)16-8-7-15-6-5-14-4-3-9-19-17(14)18(15)20-16/h2-9,11-12H,1,10,13H2. The molecule has 0 radical (unpaired) electrons. The maximum absolute atomic E-state index is 4.84. The van der Waals surface area contributed by atoms with Crippen LogP contribution in [0.25, 0.3) is 21.8 Å². The smallest absolute Gasteiger partial charge is 0.134 e. The lowest BCUT2D eigenvalue weighted by Gasteiger charge is -2.19. The highest BCUT2D eigenvalue weighted by Gasteiger charge is 2.14. The van der Waals surface area contributed by atoms with Crippen molar-refractivity contribution in [2.24, 2.45) is 0 Å². The molecule has 4 rings (SSSR count). The number of hydrogen-bond donors (Lipinski definition) is 0. The molecule has 0 unspecified atom stereocenters. The summed E-state index contributed by atoms with van der Waals surface area (Å²) >= 11 is 0. The highest BCUT2D eigenvalue weighted by atomic mass is 15.4. The minimum Gasteiger partial charge on any atom is -0.354 e. The van der Waals surface area contributed by atoms with E-state index < -0.39 is 0 Å². The maximum Gasteiger partial charge on any atom is 0.134 e. The summed E-state index contributed by atoms with van der Waals surface area (Å²) in [4.78, 5) is 13.6. The number of benzene rings is 1. The molecule has 1 aliphatic rings. The molecule has 4 nitrogen and oxygen atoms in total. The van der Waals surface area contributed by atoms with Gasteiger partial charge in [0.25, 0.3) is 0 Å². The minimum absolute atomic E-state index is 0.794. The number of anilines is 1. The van der Waals surface area contributed by atoms with Crippen LogP contribution in [0.5, 0.6) is 0 Å². The van der Waals surface area contributed by atoms with E-state index in [2.05, 4.69) is 64.1 Å². The molecule has 4 heteroatoms. The fourth-order valence-electron chi connectivity index (χ4n) is 2.77. The van der Waals surface area contributed by atoms with Gasteiger partial charge < -0.3 is 9.80 Å². The van der Waals surface area contributed by atoms with E-state index in [0.717, 1.165) is 40.8 Å². The third kappa shape index (κ3) is 2.09. The molecular weight excluding hydrogens is 272 g/mol. The fourth-order valence-corrected chi connectivity index (χ4v) is 2.77. The highest BCUT2D eigenvalue weighted by molar-refractivity contribution is 6.03. The van der Waals surface area contributed by atoms with Crippen molar-refractivity contribution < 1.29 is 0 Å². The molecule has 0 spiro atoms. The van der Waals surface area contributed by atoms with Gasteiger partial charge >= 0.3 is 0 Å². The summed E-state index contributed by atoms with van der Waals surface area (Å²) in [6, 6.07) is 12.4. The van der Waals surface area contributed by atoms with Crippen molar-refractivity contribution in [2.75, 3.05) is 18.1 Å². The van der Waals surface area contributed by atoms with Crippen LogP contribution in [0.4, 0.5) is 5.82 Å². The number of aromatic nitrogens is 2. The Labute approximate surface area is 129 Å². The number of rotatable bonds is 3. The van der Waals surface area contributed by atoms with E-state index in [9.17, 15) is 0 Å². The van der Waals surface area contributed by atoms with Crippen molar-refractivity contribution in [2.45, 2.75) is 0 Å². The Morgan fingerprint density at radius 2 is 1.86 bits per heavy atom. The molecular formula is C18H16N4. The molecule has 108 valence electrons. The van der Waals surface area contributed by atoms with Crippen LogP contribution < -0.4 is 4.90 Å². The zero-order chi connectivity index (χ0) is 14.9. The lowest BCUT2D eigenvalue weighted by atomic mass is 10.1. The molecule has 1 aromatic carbocycles. The third-order valence-corrected chi connectivity index (χ3v) is 3.87. The largest absolute Gasteiger partial charge is 0.354 e. The first kappa shape index (κ1) is 12.8. The van der Waals surface area contributed by atoms with Crippen LogP contribution in [0.1, 0.15) is 0 Å². The Bertz CT molecular complexity index is 885. The number of fused-ring (bicyclic) bond motifs is 3. The quantitative estimate of drug-likeness (QED) is 0.545. The summed E-state index contributed by atoms with van der Waals surface area (Å²) < 4.78 is 0. The van der Waals surface area contributed by atoms with E-state index in [1.165, 1.54) is 0 Å². The van der Waals surface area contributed by atoms with Gasteiger partial charge in [-0.2, -0.15) is 0 Å². The average Bonchev–Trinajstić information content (AvgIpc) is 3.03. The Morgan fingerprint density at radius 3 is 2.73 bits per heavy atom. The molecule has 0 aliphatic carbocycles. The number of pyridine rings is 2. The van der Waals surface area contributed by atoms with E-state index in [1.807, 2.05) is 18.3 Å². The molecule has 1 aliphatic heterocycles. The summed E-state index contributed by atoms with van der Waals surface area (Å²) in [6.45, 7) is 5.41. The lowest BCUT2D eigenvalue weighted by molar-refractivity contribution is 0.450. The van der Waals surface area contributed by atoms with Crippen molar-refractivity contribution in [3.8, 4) is 0 Å². The molecule has 3 heterocycles. The van der Waals surface area contributed by atoms with Gasteiger partial charge in [0.15, 0.2) is 0 Å².